The van der Waals surface area contributed by atoms with Crippen molar-refractivity contribution in [3.63, 3.8) is 0 Å². The van der Waals surface area contributed by atoms with Gasteiger partial charge in [-0.25, -0.2) is 14.6 Å². The number of benzene rings is 3. The third-order valence-electron chi connectivity index (χ3n) is 4.31. The van der Waals surface area contributed by atoms with Gasteiger partial charge in [0.15, 0.2) is 11.4 Å². The molecule has 32 heavy (non-hydrogen) atoms. The molecule has 0 fully saturated rings. The number of carbonyl (C=O) groups excluding carboxylic acids is 2. The van der Waals surface area contributed by atoms with E-state index in [9.17, 15) is 9.59 Å². The van der Waals surface area contributed by atoms with Gasteiger partial charge >= 0.3 is 11.9 Å². The van der Waals surface area contributed by atoms with E-state index < -0.39 is 11.9 Å². The average molecular weight is 688 g/mol. The predicted octanol–water partition coefficient (Wildman–Crippen LogP) is 7.03. The summed E-state index contributed by atoms with van der Waals surface area (Å²) in [5, 5.41) is 0.438. The van der Waals surface area contributed by atoms with Crippen LogP contribution in [0, 0.1) is 3.57 Å². The Morgan fingerprint density at radius 2 is 1.75 bits per heavy atom. The SMILES string of the molecule is O=C1OC(c2cc(I)ccc2Cl)=N/C1=C\c1cc(Br)c(OC(=O)c2ccccc2)c(Br)c1. The second-order valence-corrected chi connectivity index (χ2v) is 9.89. The van der Waals surface area contributed by atoms with Gasteiger partial charge in [-0.2, -0.15) is 0 Å². The number of esters is 2. The Kier molecular flexibility index (Phi) is 7.14. The molecule has 0 aromatic heterocycles. The van der Waals surface area contributed by atoms with Crippen molar-refractivity contribution in [3.8, 4) is 5.75 Å². The van der Waals surface area contributed by atoms with Crippen molar-refractivity contribution in [1.82, 2.24) is 0 Å². The minimum absolute atomic E-state index is 0.128. The molecule has 1 aliphatic rings. The number of hydrogen-bond acceptors (Lipinski definition) is 5. The molecule has 0 spiro atoms. The largest absolute Gasteiger partial charge is 0.421 e. The first kappa shape index (κ1) is 23.2. The van der Waals surface area contributed by atoms with E-state index in [-0.39, 0.29) is 11.6 Å². The highest BCUT2D eigenvalue weighted by molar-refractivity contribution is 14.1. The van der Waals surface area contributed by atoms with Crippen molar-refractivity contribution in [2.75, 3.05) is 0 Å². The standard InChI is InChI=1S/C23H11Br2ClINO4/c24-16-8-12(9-17(25)20(16)31-22(29)13-4-2-1-3-5-13)10-19-23(30)32-21(28-19)15-11-14(27)6-7-18(15)26/h1-11H/b19-10-. The van der Waals surface area contributed by atoms with E-state index in [4.69, 9.17) is 21.1 Å². The van der Waals surface area contributed by atoms with Crippen LogP contribution in [0.25, 0.3) is 6.08 Å². The van der Waals surface area contributed by atoms with Crippen LogP contribution in [0.3, 0.4) is 0 Å². The zero-order chi connectivity index (χ0) is 22.8. The van der Waals surface area contributed by atoms with E-state index in [1.165, 1.54) is 0 Å². The molecule has 0 amide bonds. The highest BCUT2D eigenvalue weighted by Gasteiger charge is 2.26. The van der Waals surface area contributed by atoms with Gasteiger partial charge in [0.05, 0.1) is 25.1 Å². The van der Waals surface area contributed by atoms with E-state index in [1.807, 2.05) is 12.1 Å². The minimum atomic E-state index is -0.582. The lowest BCUT2D eigenvalue weighted by Gasteiger charge is -2.10. The normalized spacial score (nSPS) is 14.3. The van der Waals surface area contributed by atoms with Crippen molar-refractivity contribution in [2.45, 2.75) is 0 Å². The summed E-state index contributed by atoms with van der Waals surface area (Å²) in [4.78, 5) is 29.0. The molecular formula is C23H11Br2ClINO4. The molecule has 0 unspecified atom stereocenters. The van der Waals surface area contributed by atoms with Gasteiger partial charge in [0.1, 0.15) is 0 Å². The van der Waals surface area contributed by atoms with E-state index in [1.54, 1.807) is 54.6 Å². The lowest BCUT2D eigenvalue weighted by molar-refractivity contribution is -0.129. The van der Waals surface area contributed by atoms with Gasteiger partial charge in [-0.15, -0.1) is 0 Å². The van der Waals surface area contributed by atoms with Crippen LogP contribution in [0.2, 0.25) is 5.02 Å². The summed E-state index contributed by atoms with van der Waals surface area (Å²) in [6, 6.07) is 17.5. The van der Waals surface area contributed by atoms with E-state index in [0.717, 1.165) is 3.57 Å². The second-order valence-electron chi connectivity index (χ2n) is 6.53. The van der Waals surface area contributed by atoms with Gasteiger partial charge in [0, 0.05) is 3.57 Å². The fraction of sp³-hybridized carbons (Fsp3) is 0. The molecule has 0 atom stereocenters. The summed E-state index contributed by atoms with van der Waals surface area (Å²) in [5.74, 6) is -0.594. The monoisotopic (exact) mass is 685 g/mol. The van der Waals surface area contributed by atoms with Gasteiger partial charge in [-0.3, -0.25) is 0 Å². The lowest BCUT2D eigenvalue weighted by atomic mass is 10.2. The second kappa shape index (κ2) is 9.86. The summed E-state index contributed by atoms with van der Waals surface area (Å²) >= 11 is 15.2. The Labute approximate surface area is 218 Å². The molecule has 160 valence electrons. The molecule has 4 rings (SSSR count). The minimum Gasteiger partial charge on any atom is -0.421 e. The van der Waals surface area contributed by atoms with Crippen LogP contribution < -0.4 is 4.74 Å². The summed E-state index contributed by atoms with van der Waals surface area (Å²) < 4.78 is 12.8. The summed E-state index contributed by atoms with van der Waals surface area (Å²) in [6.07, 6.45) is 1.58. The average Bonchev–Trinajstić information content (AvgIpc) is 3.13. The zero-order valence-corrected chi connectivity index (χ0v) is 22.0. The molecule has 0 aliphatic carbocycles. The summed E-state index contributed by atoms with van der Waals surface area (Å²) in [7, 11) is 0. The van der Waals surface area contributed by atoms with Gasteiger partial charge in [0.25, 0.3) is 0 Å². The molecule has 0 bridgehead atoms. The van der Waals surface area contributed by atoms with Crippen molar-refractivity contribution in [1.29, 1.82) is 0 Å². The number of hydrogen-bond donors (Lipinski definition) is 0. The fourth-order valence-corrected chi connectivity index (χ4v) is 4.90. The number of aliphatic imine (C=N–C) groups is 1. The number of halogens is 4. The van der Waals surface area contributed by atoms with E-state index in [2.05, 4.69) is 59.4 Å². The number of rotatable bonds is 4. The van der Waals surface area contributed by atoms with Crippen molar-refractivity contribution in [3.05, 3.63) is 101 Å². The first-order chi connectivity index (χ1) is 15.3. The molecular weight excluding hydrogens is 676 g/mol. The molecule has 1 heterocycles. The van der Waals surface area contributed by atoms with Crippen molar-refractivity contribution < 1.29 is 19.1 Å². The first-order valence-electron chi connectivity index (χ1n) is 9.06. The van der Waals surface area contributed by atoms with Gasteiger partial charge in [0.2, 0.25) is 5.90 Å². The number of carbonyl (C=O) groups is 2. The summed E-state index contributed by atoms with van der Waals surface area (Å²) in [6.45, 7) is 0. The van der Waals surface area contributed by atoms with Gasteiger partial charge < -0.3 is 9.47 Å². The highest BCUT2D eigenvalue weighted by Crippen LogP contribution is 2.36. The third-order valence-corrected chi connectivity index (χ3v) is 6.49. The van der Waals surface area contributed by atoms with Crippen LogP contribution >= 0.6 is 66.1 Å². The van der Waals surface area contributed by atoms with Crippen molar-refractivity contribution >= 4 is 90.0 Å². The maximum absolute atomic E-state index is 12.4. The predicted molar refractivity (Wildman–Crippen MR) is 138 cm³/mol. The van der Waals surface area contributed by atoms with E-state index in [0.29, 0.717) is 36.4 Å². The zero-order valence-electron chi connectivity index (χ0n) is 15.9. The molecule has 3 aromatic carbocycles. The van der Waals surface area contributed by atoms with Crippen LogP contribution in [0.1, 0.15) is 21.5 Å². The quantitative estimate of drug-likeness (QED) is 0.128. The van der Waals surface area contributed by atoms with Crippen LogP contribution in [0.5, 0.6) is 5.75 Å². The van der Waals surface area contributed by atoms with Crippen LogP contribution in [0.4, 0.5) is 0 Å². The van der Waals surface area contributed by atoms with E-state index >= 15 is 0 Å². The van der Waals surface area contributed by atoms with Gasteiger partial charge in [-0.05, 0) is 109 Å². The summed E-state index contributed by atoms with van der Waals surface area (Å²) in [5.41, 5.74) is 1.75. The topological polar surface area (TPSA) is 65.0 Å². The smallest absolute Gasteiger partial charge is 0.363 e. The Hall–Kier alpha value is -2.01. The maximum atomic E-state index is 12.4. The van der Waals surface area contributed by atoms with Crippen molar-refractivity contribution in [2.24, 2.45) is 4.99 Å². The molecule has 5 nitrogen and oxygen atoms in total. The Morgan fingerprint density at radius 1 is 1.06 bits per heavy atom. The number of cyclic esters (lactones) is 1. The highest BCUT2D eigenvalue weighted by atomic mass is 127. The van der Waals surface area contributed by atoms with Gasteiger partial charge in [-0.1, -0.05) is 29.8 Å². The maximum Gasteiger partial charge on any atom is 0.363 e. The van der Waals surface area contributed by atoms with Crippen LogP contribution in [-0.2, 0) is 9.53 Å². The molecule has 9 heteroatoms. The molecule has 1 aliphatic heterocycles. The Bertz CT molecular complexity index is 1290. The van der Waals surface area contributed by atoms with Crippen LogP contribution in [0.15, 0.2) is 80.3 Å². The Balaban J connectivity index is 1.62. The van der Waals surface area contributed by atoms with Crippen LogP contribution in [-0.4, -0.2) is 17.8 Å². The molecule has 0 saturated carbocycles. The molecule has 0 saturated heterocycles. The molecule has 0 radical (unpaired) electrons. The first-order valence-corrected chi connectivity index (χ1v) is 12.1. The molecule has 0 N–H and O–H groups in total. The number of nitrogens with zero attached hydrogens (tertiary/aromatic N) is 1. The number of ether oxygens (including phenoxy) is 2. The lowest BCUT2D eigenvalue weighted by Crippen LogP contribution is -2.09. The third kappa shape index (κ3) is 5.14. The fourth-order valence-electron chi connectivity index (χ4n) is 2.83. The Morgan fingerprint density at radius 3 is 2.44 bits per heavy atom. The molecule has 3 aromatic rings.